The van der Waals surface area contributed by atoms with Gasteiger partial charge in [0, 0.05) is 0 Å². The molecule has 0 heterocycles. The van der Waals surface area contributed by atoms with Crippen LogP contribution in [0.4, 0.5) is 0 Å². The van der Waals surface area contributed by atoms with E-state index in [9.17, 15) is 4.79 Å². The summed E-state index contributed by atoms with van der Waals surface area (Å²) in [5, 5.41) is 9.12. The number of carbonyl (C=O) groups is 1. The molecule has 13 heavy (non-hydrogen) atoms. The molecule has 0 saturated heterocycles. The van der Waals surface area contributed by atoms with Gasteiger partial charge in [0.15, 0.2) is 0 Å². The summed E-state index contributed by atoms with van der Waals surface area (Å²) in [5.74, 6) is -0.742. The molecule has 2 atom stereocenters. The molecule has 0 spiro atoms. The molecule has 2 heteroatoms. The van der Waals surface area contributed by atoms with E-state index in [0.29, 0.717) is 5.41 Å². The van der Waals surface area contributed by atoms with E-state index in [-0.39, 0.29) is 16.7 Å². The first-order valence-corrected chi connectivity index (χ1v) is 5.00. The minimum absolute atomic E-state index is 0.00984. The first-order chi connectivity index (χ1) is 5.77. The van der Waals surface area contributed by atoms with Crippen molar-refractivity contribution in [1.29, 1.82) is 0 Å². The number of aliphatic carboxylic acids is 1. The third kappa shape index (κ3) is 0.773. The summed E-state index contributed by atoms with van der Waals surface area (Å²) in [5.41, 5.74) is 0.329. The van der Waals surface area contributed by atoms with Crippen LogP contribution in [0.1, 0.15) is 40.5 Å². The van der Waals surface area contributed by atoms with Crippen molar-refractivity contribution in [1.82, 2.24) is 0 Å². The van der Waals surface area contributed by atoms with Crippen LogP contribution in [0.2, 0.25) is 0 Å². The SMILES string of the molecule is CC1(C2(C)C(C(=O)O)C2(C)C)CC1. The van der Waals surface area contributed by atoms with Gasteiger partial charge in [-0.1, -0.05) is 27.7 Å². The maximum absolute atomic E-state index is 11.1. The van der Waals surface area contributed by atoms with Crippen LogP contribution in [-0.4, -0.2) is 11.1 Å². The Kier molecular flexibility index (Phi) is 1.35. The Labute approximate surface area is 79.3 Å². The van der Waals surface area contributed by atoms with E-state index in [1.807, 2.05) is 0 Å². The van der Waals surface area contributed by atoms with Crippen molar-refractivity contribution in [2.45, 2.75) is 40.5 Å². The van der Waals surface area contributed by atoms with Gasteiger partial charge in [-0.3, -0.25) is 4.79 Å². The van der Waals surface area contributed by atoms with Gasteiger partial charge in [0.1, 0.15) is 0 Å². The van der Waals surface area contributed by atoms with Crippen LogP contribution in [0.3, 0.4) is 0 Å². The van der Waals surface area contributed by atoms with Crippen LogP contribution >= 0.6 is 0 Å². The van der Waals surface area contributed by atoms with E-state index in [1.165, 1.54) is 12.8 Å². The van der Waals surface area contributed by atoms with E-state index >= 15 is 0 Å². The average molecular weight is 182 g/mol. The standard InChI is InChI=1S/C11H18O2/c1-9(2)7(8(12)13)11(9,4)10(3)5-6-10/h7H,5-6H2,1-4H3,(H,12,13). The molecule has 2 rings (SSSR count). The molecule has 0 aliphatic heterocycles. The van der Waals surface area contributed by atoms with Crippen molar-refractivity contribution in [2.24, 2.45) is 22.2 Å². The predicted octanol–water partition coefficient (Wildman–Crippen LogP) is 2.53. The summed E-state index contributed by atoms with van der Waals surface area (Å²) in [6.07, 6.45) is 2.41. The third-order valence-electron chi connectivity index (χ3n) is 5.05. The minimum Gasteiger partial charge on any atom is -0.481 e. The van der Waals surface area contributed by atoms with Crippen LogP contribution in [0.25, 0.3) is 0 Å². The van der Waals surface area contributed by atoms with Gasteiger partial charge in [0.25, 0.3) is 0 Å². The Morgan fingerprint density at radius 1 is 1.23 bits per heavy atom. The first-order valence-electron chi connectivity index (χ1n) is 5.00. The van der Waals surface area contributed by atoms with Gasteiger partial charge < -0.3 is 5.11 Å². The highest BCUT2D eigenvalue weighted by atomic mass is 16.4. The second-order valence-corrected chi connectivity index (χ2v) is 5.76. The Bertz CT molecular complexity index is 276. The van der Waals surface area contributed by atoms with E-state index in [0.717, 1.165) is 0 Å². The van der Waals surface area contributed by atoms with Gasteiger partial charge in [-0.15, -0.1) is 0 Å². The lowest BCUT2D eigenvalue weighted by atomic mass is 9.82. The lowest BCUT2D eigenvalue weighted by Crippen LogP contribution is -2.17. The van der Waals surface area contributed by atoms with E-state index in [4.69, 9.17) is 5.11 Å². The molecule has 2 nitrogen and oxygen atoms in total. The highest BCUT2D eigenvalue weighted by molar-refractivity contribution is 5.77. The quantitative estimate of drug-likeness (QED) is 0.712. The summed E-state index contributed by atoms with van der Waals surface area (Å²) in [6.45, 7) is 8.57. The molecule has 2 aliphatic carbocycles. The van der Waals surface area contributed by atoms with Crippen molar-refractivity contribution in [2.75, 3.05) is 0 Å². The zero-order chi connectivity index (χ0) is 10.1. The van der Waals surface area contributed by atoms with Crippen molar-refractivity contribution in [3.63, 3.8) is 0 Å². The zero-order valence-electron chi connectivity index (χ0n) is 8.85. The highest BCUT2D eigenvalue weighted by Gasteiger charge is 2.80. The maximum atomic E-state index is 11.1. The first kappa shape index (κ1) is 9.04. The highest BCUT2D eigenvalue weighted by Crippen LogP contribution is 2.82. The van der Waals surface area contributed by atoms with Gasteiger partial charge in [-0.2, -0.15) is 0 Å². The van der Waals surface area contributed by atoms with Gasteiger partial charge in [-0.05, 0) is 29.1 Å². The lowest BCUT2D eigenvalue weighted by molar-refractivity contribution is -0.140. The number of hydrogen-bond acceptors (Lipinski definition) is 1. The largest absolute Gasteiger partial charge is 0.481 e. The van der Waals surface area contributed by atoms with Crippen LogP contribution in [0.5, 0.6) is 0 Å². The molecule has 0 aromatic heterocycles. The molecule has 1 N–H and O–H groups in total. The molecule has 0 aromatic rings. The molecule has 0 aromatic carbocycles. The molecular weight excluding hydrogens is 164 g/mol. The Balaban J connectivity index is 2.32. The fourth-order valence-electron chi connectivity index (χ4n) is 3.37. The third-order valence-corrected chi connectivity index (χ3v) is 5.05. The van der Waals surface area contributed by atoms with Crippen LogP contribution < -0.4 is 0 Å². The summed E-state index contributed by atoms with van der Waals surface area (Å²) < 4.78 is 0. The summed E-state index contributed by atoms with van der Waals surface area (Å²) >= 11 is 0. The van der Waals surface area contributed by atoms with Gasteiger partial charge >= 0.3 is 5.97 Å². The van der Waals surface area contributed by atoms with Gasteiger partial charge in [0.2, 0.25) is 0 Å². The molecule has 2 aliphatic rings. The Morgan fingerprint density at radius 2 is 1.69 bits per heavy atom. The second-order valence-electron chi connectivity index (χ2n) is 5.76. The van der Waals surface area contributed by atoms with E-state index in [2.05, 4.69) is 27.7 Å². The molecule has 0 radical (unpaired) electrons. The van der Waals surface area contributed by atoms with E-state index in [1.54, 1.807) is 0 Å². The average Bonchev–Trinajstić information content (AvgIpc) is 2.76. The zero-order valence-corrected chi connectivity index (χ0v) is 8.85. The van der Waals surface area contributed by atoms with Crippen molar-refractivity contribution in [3.05, 3.63) is 0 Å². The molecule has 2 unspecified atom stereocenters. The fourth-order valence-corrected chi connectivity index (χ4v) is 3.37. The van der Waals surface area contributed by atoms with Crippen LogP contribution in [-0.2, 0) is 4.79 Å². The Hall–Kier alpha value is -0.530. The predicted molar refractivity (Wildman–Crippen MR) is 50.4 cm³/mol. The fraction of sp³-hybridized carbons (Fsp3) is 0.909. The van der Waals surface area contributed by atoms with Gasteiger partial charge in [-0.25, -0.2) is 0 Å². The van der Waals surface area contributed by atoms with Crippen LogP contribution in [0, 0.1) is 22.2 Å². The lowest BCUT2D eigenvalue weighted by Gasteiger charge is -2.22. The minimum atomic E-state index is -0.611. The number of rotatable bonds is 2. The van der Waals surface area contributed by atoms with E-state index < -0.39 is 5.97 Å². The summed E-state index contributed by atoms with van der Waals surface area (Å²) in [4.78, 5) is 11.1. The smallest absolute Gasteiger partial charge is 0.307 e. The molecule has 0 amide bonds. The van der Waals surface area contributed by atoms with Crippen molar-refractivity contribution in [3.8, 4) is 0 Å². The summed E-state index contributed by atoms with van der Waals surface area (Å²) in [7, 11) is 0. The van der Waals surface area contributed by atoms with Crippen molar-refractivity contribution < 1.29 is 9.90 Å². The Morgan fingerprint density at radius 3 is 1.92 bits per heavy atom. The number of hydrogen-bond donors (Lipinski definition) is 1. The molecule has 0 bridgehead atoms. The number of carboxylic acid groups (broad SMARTS) is 1. The second kappa shape index (κ2) is 1.94. The maximum Gasteiger partial charge on any atom is 0.307 e. The molecule has 74 valence electrons. The molecular formula is C11H18O2. The van der Waals surface area contributed by atoms with Crippen LogP contribution in [0.15, 0.2) is 0 Å². The monoisotopic (exact) mass is 182 g/mol. The molecule has 2 saturated carbocycles. The molecule has 2 fully saturated rings. The number of carboxylic acids is 1. The van der Waals surface area contributed by atoms with Gasteiger partial charge in [0.05, 0.1) is 5.92 Å². The van der Waals surface area contributed by atoms with Crippen molar-refractivity contribution >= 4 is 5.97 Å². The normalized spacial score (nSPS) is 44.2. The topological polar surface area (TPSA) is 37.3 Å². The summed E-state index contributed by atoms with van der Waals surface area (Å²) in [6, 6.07) is 0.